The summed E-state index contributed by atoms with van der Waals surface area (Å²) in [6.45, 7) is 4.00. The van der Waals surface area contributed by atoms with Crippen molar-refractivity contribution in [2.45, 2.75) is 13.8 Å². The third kappa shape index (κ3) is 3.45. The number of aromatic nitrogens is 1. The van der Waals surface area contributed by atoms with Gasteiger partial charge in [0.25, 0.3) is 0 Å². The average molecular weight is 204 g/mol. The Morgan fingerprint density at radius 3 is 2.30 bits per heavy atom. The number of pyridine rings is 1. The van der Waals surface area contributed by atoms with E-state index in [4.69, 9.17) is 5.11 Å². The van der Waals surface area contributed by atoms with Gasteiger partial charge >= 0.3 is 0 Å². The molecule has 0 aliphatic heterocycles. The number of rotatable bonds is 0. The maximum Gasteiger partial charge on any atom is 0.134 e. The van der Waals surface area contributed by atoms with Gasteiger partial charge in [-0.3, -0.25) is 4.98 Å². The molecule has 1 aromatic rings. The highest BCUT2D eigenvalue weighted by atomic mass is 79.9. The van der Waals surface area contributed by atoms with Gasteiger partial charge in [0.05, 0.1) is 6.20 Å². The Labute approximate surface area is 69.0 Å². The van der Waals surface area contributed by atoms with Crippen LogP contribution in [0.2, 0.25) is 0 Å². The molecule has 1 heterocycles. The van der Waals surface area contributed by atoms with Crippen molar-refractivity contribution in [3.63, 3.8) is 0 Å². The highest BCUT2D eigenvalue weighted by molar-refractivity contribution is 9.10. The lowest BCUT2D eigenvalue weighted by molar-refractivity contribution is 0.472. The first-order valence-electron chi connectivity index (χ1n) is 3.08. The number of aromatic hydroxyl groups is 1. The average Bonchev–Trinajstić information content (AvgIpc) is 1.91. The molecule has 0 saturated heterocycles. The zero-order valence-electron chi connectivity index (χ0n) is 6.00. The molecule has 0 amide bonds. The zero-order valence-corrected chi connectivity index (χ0v) is 7.59. The van der Waals surface area contributed by atoms with Gasteiger partial charge in [0.15, 0.2) is 0 Å². The predicted octanol–water partition coefficient (Wildman–Crippen LogP) is 2.58. The van der Waals surface area contributed by atoms with Crippen molar-refractivity contribution in [2.75, 3.05) is 0 Å². The summed E-state index contributed by atoms with van der Waals surface area (Å²) >= 11 is 3.14. The van der Waals surface area contributed by atoms with Crippen LogP contribution in [0.1, 0.15) is 13.8 Å². The Balaban J connectivity index is 0.000000371. The van der Waals surface area contributed by atoms with Crippen molar-refractivity contribution in [1.29, 1.82) is 0 Å². The summed E-state index contributed by atoms with van der Waals surface area (Å²) < 4.78 is 0.789. The molecule has 1 rings (SSSR count). The van der Waals surface area contributed by atoms with E-state index in [1.54, 1.807) is 12.3 Å². The third-order valence-corrected chi connectivity index (χ3v) is 1.12. The monoisotopic (exact) mass is 203 g/mol. The van der Waals surface area contributed by atoms with Gasteiger partial charge in [-0.05, 0) is 22.0 Å². The molecule has 0 aliphatic rings. The molecule has 0 bridgehead atoms. The lowest BCUT2D eigenvalue weighted by Crippen LogP contribution is -1.68. The quantitative estimate of drug-likeness (QED) is 0.704. The molecule has 3 heteroatoms. The summed E-state index contributed by atoms with van der Waals surface area (Å²) in [5.41, 5.74) is 0. The minimum atomic E-state index is 0.180. The van der Waals surface area contributed by atoms with Crippen molar-refractivity contribution in [2.24, 2.45) is 0 Å². The fourth-order valence-corrected chi connectivity index (χ4v) is 0.753. The van der Waals surface area contributed by atoms with Crippen molar-refractivity contribution in [3.05, 3.63) is 22.9 Å². The standard InChI is InChI=1S/C5H4BrNO.C2H6/c6-4-1-5(8)3-7-2-4;1-2/h1-3,8H;1-2H3. The Hall–Kier alpha value is -0.570. The van der Waals surface area contributed by atoms with Gasteiger partial charge in [-0.15, -0.1) is 0 Å². The third-order valence-electron chi connectivity index (χ3n) is 0.690. The molecule has 0 radical (unpaired) electrons. The van der Waals surface area contributed by atoms with Crippen LogP contribution in [-0.4, -0.2) is 10.1 Å². The summed E-state index contributed by atoms with van der Waals surface area (Å²) in [6.07, 6.45) is 2.99. The number of halogens is 1. The second-order valence-electron chi connectivity index (χ2n) is 1.36. The molecule has 1 aromatic heterocycles. The molecule has 2 nitrogen and oxygen atoms in total. The van der Waals surface area contributed by atoms with Crippen molar-refractivity contribution in [3.8, 4) is 5.75 Å². The van der Waals surface area contributed by atoms with Crippen LogP contribution in [0.25, 0.3) is 0 Å². The highest BCUT2D eigenvalue weighted by Gasteiger charge is 1.86. The molecule has 0 atom stereocenters. The van der Waals surface area contributed by atoms with Crippen molar-refractivity contribution in [1.82, 2.24) is 4.98 Å². The van der Waals surface area contributed by atoms with Crippen LogP contribution in [0.3, 0.4) is 0 Å². The van der Waals surface area contributed by atoms with Gasteiger partial charge in [-0.2, -0.15) is 0 Å². The Morgan fingerprint density at radius 1 is 1.40 bits per heavy atom. The first-order valence-corrected chi connectivity index (χ1v) is 3.88. The minimum absolute atomic E-state index is 0.180. The zero-order chi connectivity index (χ0) is 7.98. The van der Waals surface area contributed by atoms with E-state index < -0.39 is 0 Å². The van der Waals surface area contributed by atoms with E-state index in [1.807, 2.05) is 13.8 Å². The van der Waals surface area contributed by atoms with E-state index in [-0.39, 0.29) is 5.75 Å². The lowest BCUT2D eigenvalue weighted by Gasteiger charge is -1.87. The van der Waals surface area contributed by atoms with E-state index in [1.165, 1.54) is 6.20 Å². The highest BCUT2D eigenvalue weighted by Crippen LogP contribution is 2.12. The molecular weight excluding hydrogens is 194 g/mol. The molecule has 0 fully saturated rings. The summed E-state index contributed by atoms with van der Waals surface area (Å²) in [7, 11) is 0. The van der Waals surface area contributed by atoms with E-state index >= 15 is 0 Å². The van der Waals surface area contributed by atoms with Crippen molar-refractivity contribution >= 4 is 15.9 Å². The molecular formula is C7H10BrNO. The molecule has 1 N–H and O–H groups in total. The first-order chi connectivity index (χ1) is 4.79. The van der Waals surface area contributed by atoms with Crippen LogP contribution in [0.5, 0.6) is 5.75 Å². The van der Waals surface area contributed by atoms with Gasteiger partial charge in [-0.25, -0.2) is 0 Å². The number of nitrogens with zero attached hydrogens (tertiary/aromatic N) is 1. The number of hydrogen-bond acceptors (Lipinski definition) is 2. The first kappa shape index (κ1) is 9.43. The maximum absolute atomic E-state index is 8.72. The van der Waals surface area contributed by atoms with E-state index in [9.17, 15) is 0 Å². The topological polar surface area (TPSA) is 33.1 Å². The van der Waals surface area contributed by atoms with Gasteiger partial charge < -0.3 is 5.11 Å². The predicted molar refractivity (Wildman–Crippen MR) is 44.9 cm³/mol. The maximum atomic E-state index is 8.72. The fourth-order valence-electron chi connectivity index (χ4n) is 0.401. The molecule has 10 heavy (non-hydrogen) atoms. The summed E-state index contributed by atoms with van der Waals surface area (Å²) in [5.74, 6) is 0.180. The normalized spacial score (nSPS) is 7.90. The molecule has 0 unspecified atom stereocenters. The smallest absolute Gasteiger partial charge is 0.134 e. The summed E-state index contributed by atoms with van der Waals surface area (Å²) in [5, 5.41) is 8.72. The van der Waals surface area contributed by atoms with E-state index in [0.29, 0.717) is 0 Å². The van der Waals surface area contributed by atoms with Crippen LogP contribution in [0.4, 0.5) is 0 Å². The minimum Gasteiger partial charge on any atom is -0.506 e. The fraction of sp³-hybridized carbons (Fsp3) is 0.286. The van der Waals surface area contributed by atoms with Crippen LogP contribution >= 0.6 is 15.9 Å². The summed E-state index contributed by atoms with van der Waals surface area (Å²) in [6, 6.07) is 1.58. The van der Waals surface area contributed by atoms with Gasteiger partial charge in [0.1, 0.15) is 5.75 Å². The van der Waals surface area contributed by atoms with Gasteiger partial charge in [0, 0.05) is 10.7 Å². The largest absolute Gasteiger partial charge is 0.506 e. The van der Waals surface area contributed by atoms with Crippen LogP contribution in [0.15, 0.2) is 22.9 Å². The van der Waals surface area contributed by atoms with Gasteiger partial charge in [-0.1, -0.05) is 13.8 Å². The van der Waals surface area contributed by atoms with Crippen LogP contribution in [-0.2, 0) is 0 Å². The second-order valence-corrected chi connectivity index (χ2v) is 2.28. The molecule has 0 saturated carbocycles. The lowest BCUT2D eigenvalue weighted by atomic mass is 10.5. The van der Waals surface area contributed by atoms with Crippen LogP contribution < -0.4 is 0 Å². The Morgan fingerprint density at radius 2 is 2.00 bits per heavy atom. The SMILES string of the molecule is CC.Oc1cncc(Br)c1. The molecule has 56 valence electrons. The Bertz CT molecular complexity index is 173. The second kappa shape index (κ2) is 5.23. The molecule has 0 spiro atoms. The number of hydrogen-bond donors (Lipinski definition) is 1. The Kier molecular flexibility index (Phi) is 4.94. The molecule has 0 aliphatic carbocycles. The van der Waals surface area contributed by atoms with E-state index in [2.05, 4.69) is 20.9 Å². The van der Waals surface area contributed by atoms with Crippen LogP contribution in [0, 0.1) is 0 Å². The van der Waals surface area contributed by atoms with Gasteiger partial charge in [0.2, 0.25) is 0 Å². The summed E-state index contributed by atoms with van der Waals surface area (Å²) in [4.78, 5) is 3.69. The van der Waals surface area contributed by atoms with Crippen molar-refractivity contribution < 1.29 is 5.11 Å². The molecule has 0 aromatic carbocycles. The van der Waals surface area contributed by atoms with E-state index in [0.717, 1.165) is 4.47 Å².